The lowest BCUT2D eigenvalue weighted by Gasteiger charge is -2.20. The van der Waals surface area contributed by atoms with E-state index in [0.29, 0.717) is 0 Å². The molecule has 0 aliphatic rings. The maximum absolute atomic E-state index is 13.7. The summed E-state index contributed by atoms with van der Waals surface area (Å²) in [5, 5.41) is 18.6. The number of nitriles is 2. The molecule has 0 aromatic heterocycles. The van der Waals surface area contributed by atoms with Crippen LogP contribution in [0.3, 0.4) is 0 Å². The van der Waals surface area contributed by atoms with Gasteiger partial charge in [0.05, 0.1) is 12.1 Å². The van der Waals surface area contributed by atoms with Gasteiger partial charge >= 0.3 is 0 Å². The van der Waals surface area contributed by atoms with Crippen molar-refractivity contribution >= 4 is 0 Å². The molecule has 0 saturated heterocycles. The highest BCUT2D eigenvalue weighted by molar-refractivity contribution is 5.31. The molecular formula is C17H10F4N2. The molecular weight excluding hydrogens is 308 g/mol. The third kappa shape index (κ3) is 3.32. The summed E-state index contributed by atoms with van der Waals surface area (Å²) in [7, 11) is 0. The van der Waals surface area contributed by atoms with Crippen molar-refractivity contribution in [1.82, 2.24) is 0 Å². The van der Waals surface area contributed by atoms with Crippen LogP contribution in [-0.4, -0.2) is 0 Å². The molecule has 0 bridgehead atoms. The molecule has 6 heteroatoms. The van der Waals surface area contributed by atoms with Gasteiger partial charge in [-0.15, -0.1) is 0 Å². The highest BCUT2D eigenvalue weighted by atomic mass is 19.1. The topological polar surface area (TPSA) is 47.6 Å². The van der Waals surface area contributed by atoms with Gasteiger partial charge in [0.1, 0.15) is 23.3 Å². The molecule has 0 aliphatic carbocycles. The summed E-state index contributed by atoms with van der Waals surface area (Å²) in [5.41, 5.74) is -2.92. The van der Waals surface area contributed by atoms with Gasteiger partial charge in [-0.25, -0.2) is 17.6 Å². The largest absolute Gasteiger partial charge is 0.207 e. The van der Waals surface area contributed by atoms with Crippen molar-refractivity contribution < 1.29 is 17.6 Å². The Kier molecular flexibility index (Phi) is 4.66. The Morgan fingerprint density at radius 2 is 1.00 bits per heavy atom. The number of hydrogen-bond acceptors (Lipinski definition) is 2. The average Bonchev–Trinajstić information content (AvgIpc) is 2.53. The molecule has 0 amide bonds. The second-order valence-electron chi connectivity index (χ2n) is 5.06. The molecule has 2 aromatic carbocycles. The van der Waals surface area contributed by atoms with Crippen LogP contribution in [0, 0.1) is 51.3 Å². The van der Waals surface area contributed by atoms with E-state index in [0.717, 1.165) is 36.4 Å². The lowest BCUT2D eigenvalue weighted by atomic mass is 9.78. The molecule has 0 spiro atoms. The molecule has 2 aromatic rings. The monoisotopic (exact) mass is 318 g/mol. The van der Waals surface area contributed by atoms with E-state index in [9.17, 15) is 28.1 Å². The van der Waals surface area contributed by atoms with Crippen molar-refractivity contribution in [3.05, 3.63) is 70.8 Å². The fourth-order valence-electron chi connectivity index (χ4n) is 2.25. The molecule has 23 heavy (non-hydrogen) atoms. The first-order valence-corrected chi connectivity index (χ1v) is 6.61. The summed E-state index contributed by atoms with van der Waals surface area (Å²) in [6.45, 7) is 0. The van der Waals surface area contributed by atoms with Crippen LogP contribution in [0.1, 0.15) is 11.1 Å². The second-order valence-corrected chi connectivity index (χ2v) is 5.06. The Labute approximate surface area is 130 Å². The van der Waals surface area contributed by atoms with Crippen LogP contribution in [0.2, 0.25) is 0 Å². The average molecular weight is 318 g/mol. The molecule has 0 heterocycles. The zero-order valence-electron chi connectivity index (χ0n) is 11.8. The Bertz CT molecular complexity index is 708. The Hall–Kier alpha value is -2.86. The number of rotatable bonds is 4. The van der Waals surface area contributed by atoms with Gasteiger partial charge in [-0.1, -0.05) is 12.1 Å². The van der Waals surface area contributed by atoms with Crippen molar-refractivity contribution in [3.63, 3.8) is 0 Å². The standard InChI is InChI=1S/C17H10F4N2/c18-13-3-1-4-14(19)11(13)7-17(9-22,10-23)8-12-15(20)5-2-6-16(12)21/h1-6H,7-8H2. The number of nitrogens with zero attached hydrogens (tertiary/aromatic N) is 2. The molecule has 0 radical (unpaired) electrons. The highest BCUT2D eigenvalue weighted by Crippen LogP contribution is 2.31. The maximum Gasteiger partial charge on any atom is 0.152 e. The van der Waals surface area contributed by atoms with Gasteiger partial charge in [0.15, 0.2) is 5.41 Å². The van der Waals surface area contributed by atoms with Gasteiger partial charge in [-0.3, -0.25) is 0 Å². The van der Waals surface area contributed by atoms with E-state index < -0.39 is 52.7 Å². The van der Waals surface area contributed by atoms with Crippen LogP contribution < -0.4 is 0 Å². The molecule has 2 nitrogen and oxygen atoms in total. The van der Waals surface area contributed by atoms with Gasteiger partial charge in [0.2, 0.25) is 0 Å². The van der Waals surface area contributed by atoms with Gasteiger partial charge in [0.25, 0.3) is 0 Å². The van der Waals surface area contributed by atoms with E-state index in [1.165, 1.54) is 0 Å². The fraction of sp³-hybridized carbons (Fsp3) is 0.176. The molecule has 0 aliphatic heterocycles. The van der Waals surface area contributed by atoms with Crippen LogP contribution in [0.5, 0.6) is 0 Å². The smallest absolute Gasteiger partial charge is 0.152 e. The minimum atomic E-state index is -1.99. The minimum absolute atomic E-state index is 0.465. The van der Waals surface area contributed by atoms with E-state index in [1.54, 1.807) is 12.1 Å². The van der Waals surface area contributed by atoms with Crippen molar-refractivity contribution in [2.24, 2.45) is 5.41 Å². The SMILES string of the molecule is N#CC(C#N)(Cc1c(F)cccc1F)Cc1c(F)cccc1F. The van der Waals surface area contributed by atoms with Crippen LogP contribution in [0.4, 0.5) is 17.6 Å². The first-order chi connectivity index (χ1) is 10.9. The van der Waals surface area contributed by atoms with Crippen LogP contribution in [0.25, 0.3) is 0 Å². The third-order valence-corrected chi connectivity index (χ3v) is 3.51. The lowest BCUT2D eigenvalue weighted by Crippen LogP contribution is -2.25. The molecule has 0 fully saturated rings. The zero-order chi connectivity index (χ0) is 17.0. The van der Waals surface area contributed by atoms with Crippen LogP contribution in [0.15, 0.2) is 36.4 Å². The minimum Gasteiger partial charge on any atom is -0.207 e. The van der Waals surface area contributed by atoms with E-state index in [2.05, 4.69) is 0 Å². The van der Waals surface area contributed by atoms with Crippen molar-refractivity contribution in [2.75, 3.05) is 0 Å². The third-order valence-electron chi connectivity index (χ3n) is 3.51. The predicted molar refractivity (Wildman–Crippen MR) is 73.8 cm³/mol. The summed E-state index contributed by atoms with van der Waals surface area (Å²) in [6, 6.07) is 9.53. The number of hydrogen-bond donors (Lipinski definition) is 0. The van der Waals surface area contributed by atoms with Gasteiger partial charge in [0, 0.05) is 24.0 Å². The summed E-state index contributed by atoms with van der Waals surface area (Å²) < 4.78 is 55.0. The van der Waals surface area contributed by atoms with E-state index >= 15 is 0 Å². The van der Waals surface area contributed by atoms with Gasteiger partial charge < -0.3 is 0 Å². The predicted octanol–water partition coefficient (Wildman–Crippen LogP) is 4.06. The van der Waals surface area contributed by atoms with E-state index in [-0.39, 0.29) is 0 Å². The normalized spacial score (nSPS) is 10.9. The Morgan fingerprint density at radius 3 is 1.26 bits per heavy atom. The second kappa shape index (κ2) is 6.50. The zero-order valence-corrected chi connectivity index (χ0v) is 11.8. The van der Waals surface area contributed by atoms with Crippen LogP contribution in [-0.2, 0) is 12.8 Å². The first kappa shape index (κ1) is 16.5. The molecule has 0 unspecified atom stereocenters. The number of halogens is 4. The van der Waals surface area contributed by atoms with E-state index in [4.69, 9.17) is 0 Å². The molecule has 0 saturated carbocycles. The van der Waals surface area contributed by atoms with Crippen LogP contribution >= 0.6 is 0 Å². The number of benzene rings is 2. The Balaban J connectivity index is 2.46. The highest BCUT2D eigenvalue weighted by Gasteiger charge is 2.35. The van der Waals surface area contributed by atoms with Crippen molar-refractivity contribution in [3.8, 4) is 12.1 Å². The molecule has 0 atom stereocenters. The Morgan fingerprint density at radius 1 is 0.696 bits per heavy atom. The van der Waals surface area contributed by atoms with Gasteiger partial charge in [-0.05, 0) is 24.3 Å². The lowest BCUT2D eigenvalue weighted by molar-refractivity contribution is 0.448. The first-order valence-electron chi connectivity index (χ1n) is 6.61. The van der Waals surface area contributed by atoms with Gasteiger partial charge in [-0.2, -0.15) is 10.5 Å². The molecule has 116 valence electrons. The summed E-state index contributed by atoms with van der Waals surface area (Å²) in [6.07, 6.45) is -1.24. The quantitative estimate of drug-likeness (QED) is 0.798. The summed E-state index contributed by atoms with van der Waals surface area (Å²) in [5.74, 6) is -3.69. The maximum atomic E-state index is 13.7. The summed E-state index contributed by atoms with van der Waals surface area (Å²) >= 11 is 0. The van der Waals surface area contributed by atoms with Crippen molar-refractivity contribution in [1.29, 1.82) is 10.5 Å². The molecule has 0 N–H and O–H groups in total. The fourth-order valence-corrected chi connectivity index (χ4v) is 2.25. The molecule has 2 rings (SSSR count). The summed E-state index contributed by atoms with van der Waals surface area (Å²) in [4.78, 5) is 0. The van der Waals surface area contributed by atoms with Crippen molar-refractivity contribution in [2.45, 2.75) is 12.8 Å². The van der Waals surface area contributed by atoms with E-state index in [1.807, 2.05) is 0 Å².